The number of nitrogens with one attached hydrogen (secondary N) is 1. The molecule has 1 aliphatic rings. The largest absolute Gasteiger partial charge is 0.491 e. The van der Waals surface area contributed by atoms with Crippen LogP contribution in [0.1, 0.15) is 59.4 Å². The number of hydrogen-bond donors (Lipinski definition) is 1. The van der Waals surface area contributed by atoms with Crippen LogP contribution in [0.25, 0.3) is 10.6 Å². The maximum atomic E-state index is 13.1. The van der Waals surface area contributed by atoms with Gasteiger partial charge >= 0.3 is 0 Å². The molecule has 1 amide bonds. The molecule has 1 fully saturated rings. The number of carbonyl (C=O) groups excluding carboxylic acids is 1. The van der Waals surface area contributed by atoms with E-state index in [0.29, 0.717) is 23.6 Å². The van der Waals surface area contributed by atoms with Crippen LogP contribution in [0.2, 0.25) is 0 Å². The van der Waals surface area contributed by atoms with E-state index < -0.39 is 0 Å². The summed E-state index contributed by atoms with van der Waals surface area (Å²) in [5, 5.41) is 12.1. The minimum absolute atomic E-state index is 0.0997. The van der Waals surface area contributed by atoms with Crippen LogP contribution in [0.5, 0.6) is 5.75 Å². The molecule has 8 heteroatoms. The fourth-order valence-corrected chi connectivity index (χ4v) is 4.34. The fraction of sp³-hybridized carbons (Fsp3) is 0.417. The van der Waals surface area contributed by atoms with Crippen LogP contribution in [-0.2, 0) is 11.2 Å². The molecule has 0 aliphatic carbocycles. The number of aryl methyl sites for hydroxylation is 2. The molecule has 2 aromatic heterocycles. The predicted octanol–water partition coefficient (Wildman–Crippen LogP) is 4.52. The van der Waals surface area contributed by atoms with Gasteiger partial charge in [-0.05, 0) is 63.4 Å². The summed E-state index contributed by atoms with van der Waals surface area (Å²) in [6, 6.07) is 9.06. The first-order chi connectivity index (χ1) is 15.5. The number of benzene rings is 1. The van der Waals surface area contributed by atoms with Gasteiger partial charge in [-0.15, -0.1) is 11.3 Å². The molecule has 0 radical (unpaired) electrons. The number of rotatable bonds is 8. The van der Waals surface area contributed by atoms with Gasteiger partial charge in [0.2, 0.25) is 0 Å². The van der Waals surface area contributed by atoms with E-state index in [2.05, 4.69) is 27.4 Å². The Morgan fingerprint density at radius 1 is 1.31 bits per heavy atom. The quantitative estimate of drug-likeness (QED) is 0.541. The molecule has 168 valence electrons. The Labute approximate surface area is 192 Å². The van der Waals surface area contributed by atoms with E-state index in [4.69, 9.17) is 9.47 Å². The average molecular weight is 453 g/mol. The van der Waals surface area contributed by atoms with Gasteiger partial charge in [0.15, 0.2) is 0 Å². The van der Waals surface area contributed by atoms with Gasteiger partial charge in [0, 0.05) is 28.8 Å². The highest BCUT2D eigenvalue weighted by Crippen LogP contribution is 2.30. The summed E-state index contributed by atoms with van der Waals surface area (Å²) < 4.78 is 11.7. The second-order valence-corrected chi connectivity index (χ2v) is 9.09. The van der Waals surface area contributed by atoms with Gasteiger partial charge in [0.05, 0.1) is 23.5 Å². The van der Waals surface area contributed by atoms with Gasteiger partial charge in [-0.3, -0.25) is 4.79 Å². The fourth-order valence-electron chi connectivity index (χ4n) is 3.50. The lowest BCUT2D eigenvalue weighted by Gasteiger charge is -2.16. The van der Waals surface area contributed by atoms with E-state index in [9.17, 15) is 4.79 Å². The summed E-state index contributed by atoms with van der Waals surface area (Å²) in [5.74, 6) is 0.440. The van der Waals surface area contributed by atoms with Crippen LogP contribution in [0, 0.1) is 6.92 Å². The number of amides is 1. The Morgan fingerprint density at radius 3 is 2.88 bits per heavy atom. The molecule has 1 N–H and O–H groups in total. The molecule has 0 spiro atoms. The lowest BCUT2D eigenvalue weighted by Crippen LogP contribution is -2.27. The minimum Gasteiger partial charge on any atom is -0.491 e. The summed E-state index contributed by atoms with van der Waals surface area (Å²) in [6.07, 6.45) is 4.96. The molecule has 1 aliphatic heterocycles. The van der Waals surface area contributed by atoms with Crippen LogP contribution in [0.3, 0.4) is 0 Å². The smallest absolute Gasteiger partial charge is 0.251 e. The van der Waals surface area contributed by atoms with Crippen LogP contribution in [0.15, 0.2) is 36.5 Å². The van der Waals surface area contributed by atoms with Crippen LogP contribution >= 0.6 is 11.3 Å². The summed E-state index contributed by atoms with van der Waals surface area (Å²) in [6.45, 7) is 7.13. The maximum Gasteiger partial charge on any atom is 0.251 e. The lowest BCUT2D eigenvalue weighted by atomic mass is 10.1. The molecule has 1 unspecified atom stereocenters. The number of carbonyl (C=O) groups is 1. The molecular weight excluding hydrogens is 424 g/mol. The van der Waals surface area contributed by atoms with E-state index in [1.807, 2.05) is 44.3 Å². The molecule has 4 rings (SSSR count). The van der Waals surface area contributed by atoms with Crippen LogP contribution < -0.4 is 10.1 Å². The van der Waals surface area contributed by atoms with E-state index in [1.165, 1.54) is 4.88 Å². The SMILES string of the molecule is CCc1cnc(-c2cc(OC[C@@H]3CCCO3)cc(C(=O)NC(C)c3ccc(C)nn3)c2)s1. The van der Waals surface area contributed by atoms with E-state index in [1.54, 1.807) is 17.4 Å². The first-order valence-corrected chi connectivity index (χ1v) is 11.8. The number of hydrogen-bond acceptors (Lipinski definition) is 7. The first kappa shape index (κ1) is 22.4. The maximum absolute atomic E-state index is 13.1. The molecule has 32 heavy (non-hydrogen) atoms. The van der Waals surface area contributed by atoms with Crippen molar-refractivity contribution in [3.05, 3.63) is 58.4 Å². The second-order valence-electron chi connectivity index (χ2n) is 7.97. The molecule has 3 aromatic rings. The second kappa shape index (κ2) is 10.2. The Hall–Kier alpha value is -2.84. The Morgan fingerprint density at radius 2 is 2.19 bits per heavy atom. The minimum atomic E-state index is -0.276. The predicted molar refractivity (Wildman–Crippen MR) is 124 cm³/mol. The number of aromatic nitrogens is 3. The van der Waals surface area contributed by atoms with Gasteiger partial charge in [0.25, 0.3) is 5.91 Å². The van der Waals surface area contributed by atoms with Crippen molar-refractivity contribution in [1.29, 1.82) is 0 Å². The van der Waals surface area contributed by atoms with Crippen LogP contribution in [0.4, 0.5) is 0 Å². The highest BCUT2D eigenvalue weighted by atomic mass is 32.1. The molecule has 1 saturated heterocycles. The number of nitrogens with zero attached hydrogens (tertiary/aromatic N) is 3. The van der Waals surface area contributed by atoms with Crippen molar-refractivity contribution in [3.8, 4) is 16.3 Å². The van der Waals surface area contributed by atoms with E-state index in [-0.39, 0.29) is 18.1 Å². The van der Waals surface area contributed by atoms with Gasteiger partial charge < -0.3 is 14.8 Å². The van der Waals surface area contributed by atoms with Gasteiger partial charge in [-0.1, -0.05) is 6.92 Å². The van der Waals surface area contributed by atoms with Crippen molar-refractivity contribution < 1.29 is 14.3 Å². The van der Waals surface area contributed by atoms with Gasteiger partial charge in [-0.2, -0.15) is 10.2 Å². The monoisotopic (exact) mass is 452 g/mol. The number of thiazole rings is 1. The lowest BCUT2D eigenvalue weighted by molar-refractivity contribution is 0.0679. The van der Waals surface area contributed by atoms with Crippen molar-refractivity contribution in [3.63, 3.8) is 0 Å². The van der Waals surface area contributed by atoms with Crippen molar-refractivity contribution in [2.45, 2.75) is 52.2 Å². The van der Waals surface area contributed by atoms with Gasteiger partial charge in [0.1, 0.15) is 17.4 Å². The van der Waals surface area contributed by atoms with Crippen molar-refractivity contribution in [2.75, 3.05) is 13.2 Å². The third-order valence-electron chi connectivity index (χ3n) is 5.39. The zero-order valence-corrected chi connectivity index (χ0v) is 19.4. The van der Waals surface area contributed by atoms with E-state index >= 15 is 0 Å². The molecule has 1 aromatic carbocycles. The third kappa shape index (κ3) is 5.49. The summed E-state index contributed by atoms with van der Waals surface area (Å²) in [5.41, 5.74) is 2.93. The summed E-state index contributed by atoms with van der Waals surface area (Å²) in [7, 11) is 0. The topological polar surface area (TPSA) is 86.2 Å². The summed E-state index contributed by atoms with van der Waals surface area (Å²) in [4.78, 5) is 18.8. The number of ether oxygens (including phenoxy) is 2. The zero-order valence-electron chi connectivity index (χ0n) is 18.6. The molecule has 0 bridgehead atoms. The molecule has 2 atom stereocenters. The normalized spacial score (nSPS) is 16.7. The molecule has 7 nitrogen and oxygen atoms in total. The highest BCUT2D eigenvalue weighted by Gasteiger charge is 2.19. The molecular formula is C24H28N4O3S. The highest BCUT2D eigenvalue weighted by molar-refractivity contribution is 7.15. The first-order valence-electron chi connectivity index (χ1n) is 11.0. The van der Waals surface area contributed by atoms with Crippen LogP contribution in [-0.4, -0.2) is 40.4 Å². The summed E-state index contributed by atoms with van der Waals surface area (Å²) >= 11 is 1.63. The van der Waals surface area contributed by atoms with Gasteiger partial charge in [-0.25, -0.2) is 4.98 Å². The Bertz CT molecular complexity index is 1060. The zero-order chi connectivity index (χ0) is 22.5. The Balaban J connectivity index is 1.56. The standard InChI is InChI=1S/C24H28N4O3S/c1-4-21-13-25-24(32-21)18-10-17(11-20(12-18)31-14-19-6-5-9-30-19)23(29)26-16(3)22-8-7-15(2)27-28-22/h7-8,10-13,16,19H,4-6,9,14H2,1-3H3,(H,26,29)/t16?,19-/m0/s1. The molecule has 0 saturated carbocycles. The average Bonchev–Trinajstić information content (AvgIpc) is 3.50. The van der Waals surface area contributed by atoms with Crippen molar-refractivity contribution in [2.24, 2.45) is 0 Å². The van der Waals surface area contributed by atoms with E-state index in [0.717, 1.165) is 42.1 Å². The third-order valence-corrected chi connectivity index (χ3v) is 6.58. The molecule has 3 heterocycles. The van der Waals surface area contributed by atoms with Crippen molar-refractivity contribution in [1.82, 2.24) is 20.5 Å². The Kier molecular flexibility index (Phi) is 7.12. The van der Waals surface area contributed by atoms with Crippen molar-refractivity contribution >= 4 is 17.2 Å².